The fourth-order valence-corrected chi connectivity index (χ4v) is 3.32. The van der Waals surface area contributed by atoms with E-state index in [9.17, 15) is 9.59 Å². The standard InChI is InChI=1S/C23H29N3O2/c1-16-10-13-26(14-11-16)22(28)20-15-17(9-12-24-20)21(27)25-19-7-5-18(6-8-19)23(2,3)4/h5-9,12,15-16H,10-11,13-14H2,1-4H3,(H,25,27). The van der Waals surface area contributed by atoms with E-state index in [0.29, 0.717) is 17.2 Å². The SMILES string of the molecule is CC1CCN(C(=O)c2cc(C(=O)Nc3ccc(C(C)(C)C)cc3)ccn2)CC1. The van der Waals surface area contributed by atoms with Crippen LogP contribution in [0.5, 0.6) is 0 Å². The van der Waals surface area contributed by atoms with E-state index >= 15 is 0 Å². The second kappa shape index (κ2) is 8.13. The zero-order chi connectivity index (χ0) is 20.3. The molecule has 1 fully saturated rings. The Balaban J connectivity index is 1.69. The van der Waals surface area contributed by atoms with Crippen molar-refractivity contribution in [1.29, 1.82) is 0 Å². The smallest absolute Gasteiger partial charge is 0.272 e. The van der Waals surface area contributed by atoms with Gasteiger partial charge >= 0.3 is 0 Å². The molecule has 0 radical (unpaired) electrons. The highest BCUT2D eigenvalue weighted by Gasteiger charge is 2.23. The van der Waals surface area contributed by atoms with E-state index in [4.69, 9.17) is 0 Å². The van der Waals surface area contributed by atoms with Crippen molar-refractivity contribution in [2.24, 2.45) is 5.92 Å². The molecular weight excluding hydrogens is 350 g/mol. The summed E-state index contributed by atoms with van der Waals surface area (Å²) >= 11 is 0. The summed E-state index contributed by atoms with van der Waals surface area (Å²) in [5, 5.41) is 2.90. The number of amides is 2. The van der Waals surface area contributed by atoms with Crippen molar-refractivity contribution in [3.05, 3.63) is 59.4 Å². The van der Waals surface area contributed by atoms with Crippen LogP contribution in [0.3, 0.4) is 0 Å². The Morgan fingerprint density at radius 2 is 1.71 bits per heavy atom. The fourth-order valence-electron chi connectivity index (χ4n) is 3.32. The lowest BCUT2D eigenvalue weighted by Gasteiger charge is -2.30. The third kappa shape index (κ3) is 4.77. The van der Waals surface area contributed by atoms with Crippen molar-refractivity contribution >= 4 is 17.5 Å². The number of carbonyl (C=O) groups is 2. The molecule has 1 aliphatic heterocycles. The highest BCUT2D eigenvalue weighted by atomic mass is 16.2. The predicted octanol–water partition coefficient (Wildman–Crippen LogP) is 4.50. The van der Waals surface area contributed by atoms with Gasteiger partial charge in [-0.2, -0.15) is 0 Å². The number of hydrogen-bond donors (Lipinski definition) is 1. The molecule has 2 aromatic rings. The molecule has 5 nitrogen and oxygen atoms in total. The average Bonchev–Trinajstić information content (AvgIpc) is 2.68. The molecule has 0 atom stereocenters. The number of piperidine rings is 1. The molecule has 1 aromatic heterocycles. The van der Waals surface area contributed by atoms with Gasteiger partial charge in [-0.1, -0.05) is 39.8 Å². The first-order valence-corrected chi connectivity index (χ1v) is 9.91. The molecule has 0 saturated carbocycles. The van der Waals surface area contributed by atoms with Gasteiger partial charge in [-0.3, -0.25) is 14.6 Å². The largest absolute Gasteiger partial charge is 0.337 e. The maximum absolute atomic E-state index is 12.7. The van der Waals surface area contributed by atoms with Crippen LogP contribution in [-0.4, -0.2) is 34.8 Å². The maximum Gasteiger partial charge on any atom is 0.272 e. The second-order valence-corrected chi connectivity index (χ2v) is 8.69. The number of benzene rings is 1. The van der Waals surface area contributed by atoms with E-state index in [1.54, 1.807) is 12.1 Å². The molecule has 1 saturated heterocycles. The zero-order valence-electron chi connectivity index (χ0n) is 17.2. The molecule has 148 valence electrons. The van der Waals surface area contributed by atoms with Crippen LogP contribution in [0.15, 0.2) is 42.6 Å². The Bertz CT molecular complexity index is 845. The van der Waals surface area contributed by atoms with Crippen molar-refractivity contribution in [3.8, 4) is 0 Å². The summed E-state index contributed by atoms with van der Waals surface area (Å²) in [5.41, 5.74) is 2.76. The van der Waals surface area contributed by atoms with Gasteiger partial charge in [-0.05, 0) is 54.0 Å². The molecule has 3 rings (SSSR count). The Morgan fingerprint density at radius 3 is 2.32 bits per heavy atom. The van der Waals surface area contributed by atoms with Crippen LogP contribution < -0.4 is 5.32 Å². The Labute approximate surface area is 167 Å². The van der Waals surface area contributed by atoms with Crippen molar-refractivity contribution in [3.63, 3.8) is 0 Å². The molecule has 5 heteroatoms. The highest BCUT2D eigenvalue weighted by molar-refractivity contribution is 6.05. The summed E-state index contributed by atoms with van der Waals surface area (Å²) in [6.45, 7) is 10.2. The number of nitrogens with one attached hydrogen (secondary N) is 1. The van der Waals surface area contributed by atoms with Gasteiger partial charge in [0, 0.05) is 30.5 Å². The molecule has 0 unspecified atom stereocenters. The van der Waals surface area contributed by atoms with E-state index in [-0.39, 0.29) is 17.2 Å². The number of carbonyl (C=O) groups excluding carboxylic acids is 2. The van der Waals surface area contributed by atoms with Crippen LogP contribution >= 0.6 is 0 Å². The number of aromatic nitrogens is 1. The van der Waals surface area contributed by atoms with Gasteiger partial charge < -0.3 is 10.2 Å². The first-order chi connectivity index (χ1) is 13.2. The number of hydrogen-bond acceptors (Lipinski definition) is 3. The normalized spacial score (nSPS) is 15.4. The summed E-state index contributed by atoms with van der Waals surface area (Å²) in [6, 6.07) is 11.1. The van der Waals surface area contributed by atoms with Crippen LogP contribution in [-0.2, 0) is 5.41 Å². The molecule has 1 N–H and O–H groups in total. The van der Waals surface area contributed by atoms with E-state index in [0.717, 1.165) is 31.6 Å². The van der Waals surface area contributed by atoms with Crippen LogP contribution in [0.4, 0.5) is 5.69 Å². The summed E-state index contributed by atoms with van der Waals surface area (Å²) in [6.07, 6.45) is 3.55. The molecule has 1 aromatic carbocycles. The van der Waals surface area contributed by atoms with Crippen LogP contribution in [0.1, 0.15) is 66.9 Å². The van der Waals surface area contributed by atoms with Crippen molar-refractivity contribution in [1.82, 2.24) is 9.88 Å². The molecule has 2 amide bonds. The average molecular weight is 380 g/mol. The van der Waals surface area contributed by atoms with Crippen LogP contribution in [0.2, 0.25) is 0 Å². The molecule has 0 aliphatic carbocycles. The fraction of sp³-hybridized carbons (Fsp3) is 0.435. The first kappa shape index (κ1) is 20.1. The number of likely N-dealkylation sites (tertiary alicyclic amines) is 1. The number of nitrogens with zero attached hydrogens (tertiary/aromatic N) is 2. The molecule has 1 aliphatic rings. The minimum atomic E-state index is -0.243. The molecule has 0 bridgehead atoms. The van der Waals surface area contributed by atoms with Gasteiger partial charge in [0.05, 0.1) is 0 Å². The third-order valence-electron chi connectivity index (χ3n) is 5.32. The van der Waals surface area contributed by atoms with E-state index < -0.39 is 0 Å². The Kier molecular flexibility index (Phi) is 5.82. The van der Waals surface area contributed by atoms with Gasteiger partial charge in [0.1, 0.15) is 5.69 Å². The summed E-state index contributed by atoms with van der Waals surface area (Å²) < 4.78 is 0. The quantitative estimate of drug-likeness (QED) is 0.854. The van der Waals surface area contributed by atoms with E-state index in [2.05, 4.69) is 38.0 Å². The van der Waals surface area contributed by atoms with Crippen molar-refractivity contribution in [2.45, 2.75) is 46.0 Å². The Morgan fingerprint density at radius 1 is 1.07 bits per heavy atom. The maximum atomic E-state index is 12.7. The van der Waals surface area contributed by atoms with Crippen LogP contribution in [0.25, 0.3) is 0 Å². The van der Waals surface area contributed by atoms with Gasteiger partial charge in [-0.25, -0.2) is 0 Å². The molecule has 2 heterocycles. The summed E-state index contributed by atoms with van der Waals surface area (Å²) in [7, 11) is 0. The monoisotopic (exact) mass is 379 g/mol. The lowest BCUT2D eigenvalue weighted by molar-refractivity contribution is 0.0691. The third-order valence-corrected chi connectivity index (χ3v) is 5.32. The summed E-state index contributed by atoms with van der Waals surface area (Å²) in [5.74, 6) is 0.307. The molecule has 0 spiro atoms. The first-order valence-electron chi connectivity index (χ1n) is 9.91. The minimum absolute atomic E-state index is 0.0646. The van der Waals surface area contributed by atoms with Crippen molar-refractivity contribution < 1.29 is 9.59 Å². The Hall–Kier alpha value is -2.69. The summed E-state index contributed by atoms with van der Waals surface area (Å²) in [4.78, 5) is 31.3. The van der Waals surface area contributed by atoms with Crippen molar-refractivity contribution in [2.75, 3.05) is 18.4 Å². The lowest BCUT2D eigenvalue weighted by atomic mass is 9.87. The number of pyridine rings is 1. The predicted molar refractivity (Wildman–Crippen MR) is 112 cm³/mol. The van der Waals surface area contributed by atoms with E-state index in [1.165, 1.54) is 11.8 Å². The lowest BCUT2D eigenvalue weighted by Crippen LogP contribution is -2.38. The van der Waals surface area contributed by atoms with Gasteiger partial charge in [0.2, 0.25) is 0 Å². The van der Waals surface area contributed by atoms with Gasteiger partial charge in [0.25, 0.3) is 11.8 Å². The highest BCUT2D eigenvalue weighted by Crippen LogP contribution is 2.24. The molecular formula is C23H29N3O2. The van der Waals surface area contributed by atoms with Gasteiger partial charge in [0.15, 0.2) is 0 Å². The topological polar surface area (TPSA) is 62.3 Å². The van der Waals surface area contributed by atoms with Crippen LogP contribution in [0, 0.1) is 5.92 Å². The zero-order valence-corrected chi connectivity index (χ0v) is 17.2. The number of rotatable bonds is 3. The molecule has 28 heavy (non-hydrogen) atoms. The minimum Gasteiger partial charge on any atom is -0.337 e. The number of anilines is 1. The van der Waals surface area contributed by atoms with Gasteiger partial charge in [-0.15, -0.1) is 0 Å². The second-order valence-electron chi connectivity index (χ2n) is 8.69. The van der Waals surface area contributed by atoms with E-state index in [1.807, 2.05) is 29.2 Å².